The van der Waals surface area contributed by atoms with Gasteiger partial charge in [-0.1, -0.05) is 28.1 Å². The summed E-state index contributed by atoms with van der Waals surface area (Å²) in [5.41, 5.74) is 0.996. The smallest absolute Gasteiger partial charge is 0.353 e. The predicted octanol–water partition coefficient (Wildman–Crippen LogP) is 3.93. The van der Waals surface area contributed by atoms with Crippen molar-refractivity contribution in [1.82, 2.24) is 4.98 Å². The maximum absolute atomic E-state index is 11.0. The average molecular weight is 316 g/mol. The van der Waals surface area contributed by atoms with Crippen LogP contribution in [0.15, 0.2) is 28.7 Å². The van der Waals surface area contributed by atoms with E-state index in [0.29, 0.717) is 8.83 Å². The molecule has 1 aromatic heterocycles. The van der Waals surface area contributed by atoms with Crippen LogP contribution in [0.25, 0.3) is 10.4 Å². The summed E-state index contributed by atoms with van der Waals surface area (Å²) in [5.74, 6) is -0.995. The molecule has 0 aliphatic carbocycles. The van der Waals surface area contributed by atoms with Gasteiger partial charge in [-0.25, -0.2) is 4.79 Å². The van der Waals surface area contributed by atoms with E-state index in [0.717, 1.165) is 10.0 Å². The SMILES string of the molecule is O=C(O)c1[nH]c(=S)sc1-c1ccc(Br)cc1. The summed E-state index contributed by atoms with van der Waals surface area (Å²) in [5, 5.41) is 9.01. The second kappa shape index (κ2) is 4.48. The fourth-order valence-corrected chi connectivity index (χ4v) is 2.73. The number of benzene rings is 1. The average Bonchev–Trinajstić information content (AvgIpc) is 2.61. The lowest BCUT2D eigenvalue weighted by Gasteiger charge is -1.99. The first-order chi connectivity index (χ1) is 7.58. The van der Waals surface area contributed by atoms with Gasteiger partial charge in [0.05, 0.1) is 4.88 Å². The Hall–Kier alpha value is -0.980. The van der Waals surface area contributed by atoms with Gasteiger partial charge in [0.1, 0.15) is 5.69 Å². The van der Waals surface area contributed by atoms with Crippen molar-refractivity contribution in [3.63, 3.8) is 0 Å². The summed E-state index contributed by atoms with van der Waals surface area (Å²) in [6, 6.07) is 7.43. The minimum Gasteiger partial charge on any atom is -0.477 e. The molecule has 16 heavy (non-hydrogen) atoms. The third-order valence-electron chi connectivity index (χ3n) is 1.97. The molecule has 0 saturated carbocycles. The Labute approximate surface area is 109 Å². The van der Waals surface area contributed by atoms with Gasteiger partial charge in [-0.05, 0) is 29.9 Å². The van der Waals surface area contributed by atoms with Crippen LogP contribution in [0.5, 0.6) is 0 Å². The number of H-pyrrole nitrogens is 1. The standard InChI is InChI=1S/C10H6BrNO2S2/c11-6-3-1-5(2-4-6)8-7(9(13)14)12-10(15)16-8/h1-4H,(H,12,15)(H,13,14). The van der Waals surface area contributed by atoms with Crippen LogP contribution in [0.4, 0.5) is 0 Å². The molecule has 2 aromatic rings. The molecule has 0 atom stereocenters. The van der Waals surface area contributed by atoms with Gasteiger partial charge < -0.3 is 10.1 Å². The van der Waals surface area contributed by atoms with Crippen LogP contribution in [0.3, 0.4) is 0 Å². The fourth-order valence-electron chi connectivity index (χ4n) is 1.28. The lowest BCUT2D eigenvalue weighted by molar-refractivity contribution is 0.0692. The monoisotopic (exact) mass is 315 g/mol. The lowest BCUT2D eigenvalue weighted by Crippen LogP contribution is -1.98. The van der Waals surface area contributed by atoms with Crippen LogP contribution < -0.4 is 0 Å². The molecule has 0 unspecified atom stereocenters. The Morgan fingerprint density at radius 3 is 2.56 bits per heavy atom. The molecule has 0 saturated heterocycles. The van der Waals surface area contributed by atoms with Crippen molar-refractivity contribution in [2.24, 2.45) is 0 Å². The number of halogens is 1. The number of carbonyl (C=O) groups is 1. The van der Waals surface area contributed by atoms with Crippen molar-refractivity contribution >= 4 is 45.5 Å². The molecule has 1 aromatic carbocycles. The van der Waals surface area contributed by atoms with Crippen LogP contribution in [0.1, 0.15) is 10.5 Å². The third kappa shape index (κ3) is 2.23. The van der Waals surface area contributed by atoms with Crippen LogP contribution in [0, 0.1) is 3.95 Å². The minimum atomic E-state index is -0.995. The van der Waals surface area contributed by atoms with Gasteiger partial charge in [-0.3, -0.25) is 0 Å². The van der Waals surface area contributed by atoms with E-state index in [1.807, 2.05) is 24.3 Å². The van der Waals surface area contributed by atoms with Crippen molar-refractivity contribution in [3.8, 4) is 10.4 Å². The number of nitrogens with one attached hydrogen (secondary N) is 1. The van der Waals surface area contributed by atoms with Gasteiger partial charge in [0.15, 0.2) is 3.95 Å². The molecule has 0 aliphatic heterocycles. The molecule has 0 bridgehead atoms. The molecule has 0 radical (unpaired) electrons. The fraction of sp³-hybridized carbons (Fsp3) is 0. The first-order valence-electron chi connectivity index (χ1n) is 4.30. The Kier molecular flexibility index (Phi) is 3.22. The van der Waals surface area contributed by atoms with Crippen LogP contribution in [0.2, 0.25) is 0 Å². The normalized spacial score (nSPS) is 10.3. The number of hydrogen-bond acceptors (Lipinski definition) is 3. The van der Waals surface area contributed by atoms with E-state index in [1.165, 1.54) is 11.3 Å². The van der Waals surface area contributed by atoms with E-state index in [4.69, 9.17) is 17.3 Å². The van der Waals surface area contributed by atoms with E-state index < -0.39 is 5.97 Å². The highest BCUT2D eigenvalue weighted by Crippen LogP contribution is 2.29. The summed E-state index contributed by atoms with van der Waals surface area (Å²) >= 11 is 9.55. The number of aromatic nitrogens is 1. The van der Waals surface area contributed by atoms with E-state index in [2.05, 4.69) is 20.9 Å². The number of aromatic amines is 1. The highest BCUT2D eigenvalue weighted by atomic mass is 79.9. The zero-order valence-corrected chi connectivity index (χ0v) is 11.1. The Morgan fingerprint density at radius 2 is 2.00 bits per heavy atom. The highest BCUT2D eigenvalue weighted by molar-refractivity contribution is 9.10. The number of hydrogen-bond donors (Lipinski definition) is 2. The number of carboxylic acid groups (broad SMARTS) is 1. The molecule has 0 fully saturated rings. The maximum Gasteiger partial charge on any atom is 0.353 e. The Morgan fingerprint density at radius 1 is 1.38 bits per heavy atom. The van der Waals surface area contributed by atoms with Gasteiger partial charge in [-0.15, -0.1) is 11.3 Å². The van der Waals surface area contributed by atoms with Gasteiger partial charge in [0.2, 0.25) is 0 Å². The van der Waals surface area contributed by atoms with E-state index in [-0.39, 0.29) is 5.69 Å². The second-order valence-electron chi connectivity index (χ2n) is 3.03. The summed E-state index contributed by atoms with van der Waals surface area (Å²) in [7, 11) is 0. The molecule has 0 aliphatic rings. The first-order valence-corrected chi connectivity index (χ1v) is 6.32. The molecular weight excluding hydrogens is 310 g/mol. The van der Waals surface area contributed by atoms with E-state index in [1.54, 1.807) is 0 Å². The van der Waals surface area contributed by atoms with E-state index in [9.17, 15) is 4.79 Å². The summed E-state index contributed by atoms with van der Waals surface area (Å²) in [6.07, 6.45) is 0. The molecule has 6 heteroatoms. The molecule has 2 N–H and O–H groups in total. The molecule has 0 amide bonds. The summed E-state index contributed by atoms with van der Waals surface area (Å²) in [4.78, 5) is 14.3. The number of aromatic carboxylic acids is 1. The number of carboxylic acids is 1. The first kappa shape index (κ1) is 11.5. The summed E-state index contributed by atoms with van der Waals surface area (Å²) < 4.78 is 1.42. The Bertz CT molecular complexity index is 586. The quantitative estimate of drug-likeness (QED) is 0.825. The lowest BCUT2D eigenvalue weighted by atomic mass is 10.1. The van der Waals surface area contributed by atoms with Crippen LogP contribution in [-0.4, -0.2) is 16.1 Å². The predicted molar refractivity (Wildman–Crippen MR) is 69.6 cm³/mol. The van der Waals surface area contributed by atoms with Crippen LogP contribution in [-0.2, 0) is 0 Å². The largest absolute Gasteiger partial charge is 0.477 e. The number of thiazole rings is 1. The van der Waals surface area contributed by atoms with Crippen molar-refractivity contribution < 1.29 is 9.90 Å². The van der Waals surface area contributed by atoms with Crippen molar-refractivity contribution in [2.75, 3.05) is 0 Å². The van der Waals surface area contributed by atoms with Gasteiger partial charge in [-0.2, -0.15) is 0 Å². The van der Waals surface area contributed by atoms with Gasteiger partial charge in [0.25, 0.3) is 0 Å². The Balaban J connectivity index is 2.59. The zero-order chi connectivity index (χ0) is 11.7. The van der Waals surface area contributed by atoms with Gasteiger partial charge in [0, 0.05) is 4.47 Å². The molecule has 82 valence electrons. The zero-order valence-electron chi connectivity index (χ0n) is 7.86. The van der Waals surface area contributed by atoms with Crippen molar-refractivity contribution in [3.05, 3.63) is 38.4 Å². The molecule has 3 nitrogen and oxygen atoms in total. The molecule has 0 spiro atoms. The molecular formula is C10H6BrNO2S2. The highest BCUT2D eigenvalue weighted by Gasteiger charge is 2.14. The van der Waals surface area contributed by atoms with Gasteiger partial charge >= 0.3 is 5.97 Å². The maximum atomic E-state index is 11.0. The molecule has 1 heterocycles. The van der Waals surface area contributed by atoms with E-state index >= 15 is 0 Å². The topological polar surface area (TPSA) is 53.1 Å². The number of rotatable bonds is 2. The summed E-state index contributed by atoms with van der Waals surface area (Å²) in [6.45, 7) is 0. The third-order valence-corrected chi connectivity index (χ3v) is 3.78. The van der Waals surface area contributed by atoms with Crippen LogP contribution >= 0.6 is 39.5 Å². The molecule has 2 rings (SSSR count). The minimum absolute atomic E-state index is 0.150. The van der Waals surface area contributed by atoms with Crippen molar-refractivity contribution in [2.45, 2.75) is 0 Å². The van der Waals surface area contributed by atoms with Crippen molar-refractivity contribution in [1.29, 1.82) is 0 Å². The second-order valence-corrected chi connectivity index (χ2v) is 5.63.